The minimum atomic E-state index is -2.86. The van der Waals surface area contributed by atoms with Gasteiger partial charge in [-0.3, -0.25) is 0 Å². The molecule has 0 spiro atoms. The van der Waals surface area contributed by atoms with Crippen molar-refractivity contribution in [1.29, 1.82) is 0 Å². The fraction of sp³-hybridized carbons (Fsp3) is 0.750. The Morgan fingerprint density at radius 3 is 1.22 bits per heavy atom. The number of hydrogen-bond donors (Lipinski definition) is 8. The molecular formula is C12H21AlO14. The monoisotopic (exact) mass is 416 g/mol. The third-order valence-electron chi connectivity index (χ3n) is 2.78. The van der Waals surface area contributed by atoms with Crippen LogP contribution in [0.4, 0.5) is 0 Å². The Bertz CT molecular complexity index is 414. The van der Waals surface area contributed by atoms with E-state index >= 15 is 0 Å². The normalized spacial score (nSPS) is 14.8. The molecule has 0 amide bonds. The average Bonchev–Trinajstić information content (AvgIpc) is 2.50. The molecule has 0 radical (unpaired) electrons. The maximum atomic E-state index is 10.3. The molecule has 9 N–H and O–H groups in total. The number of aliphatic hydroxyl groups excluding tert-OH is 6. The van der Waals surface area contributed by atoms with Gasteiger partial charge in [-0.2, -0.15) is 0 Å². The van der Waals surface area contributed by atoms with Crippen LogP contribution in [0.15, 0.2) is 0 Å². The molecule has 27 heavy (non-hydrogen) atoms. The van der Waals surface area contributed by atoms with E-state index in [9.17, 15) is 24.6 Å². The molecule has 0 unspecified atom stereocenters. The smallest absolute Gasteiger partial charge is 0.870 e. The van der Waals surface area contributed by atoms with Crippen LogP contribution in [0.25, 0.3) is 0 Å². The number of carbonyl (C=O) groups is 3. The molecule has 0 aromatic rings. The molecule has 0 aliphatic rings. The number of aliphatic carboxylic acids is 3. The van der Waals surface area contributed by atoms with Crippen molar-refractivity contribution in [1.82, 2.24) is 0 Å². The van der Waals surface area contributed by atoms with Gasteiger partial charge in [-0.1, -0.05) is 0 Å². The third-order valence-corrected chi connectivity index (χ3v) is 2.78. The molecule has 0 aromatic carbocycles. The van der Waals surface area contributed by atoms with Crippen molar-refractivity contribution in [3.05, 3.63) is 0 Å². The van der Waals surface area contributed by atoms with Gasteiger partial charge in [0.2, 0.25) is 0 Å². The van der Waals surface area contributed by atoms with Crippen molar-refractivity contribution >= 4 is 35.3 Å². The summed E-state index contributed by atoms with van der Waals surface area (Å²) in [7, 11) is 0. The van der Waals surface area contributed by atoms with Gasteiger partial charge in [0.05, 0.1) is 13.2 Å². The van der Waals surface area contributed by atoms with Gasteiger partial charge in [-0.25, -0.2) is 4.79 Å². The molecule has 0 heterocycles. The van der Waals surface area contributed by atoms with Gasteiger partial charge < -0.3 is 66.1 Å². The first-order valence-electron chi connectivity index (χ1n) is 6.61. The third kappa shape index (κ3) is 13.4. The summed E-state index contributed by atoms with van der Waals surface area (Å²) in [5.41, 5.74) is -2.86. The second kappa shape index (κ2) is 15.7. The predicted octanol–water partition coefficient (Wildman–Crippen LogP) is -8.06. The summed E-state index contributed by atoms with van der Waals surface area (Å²) in [6, 6.07) is 0. The van der Waals surface area contributed by atoms with Crippen LogP contribution in [0, 0.1) is 0 Å². The van der Waals surface area contributed by atoms with Crippen molar-refractivity contribution < 1.29 is 70.9 Å². The summed E-state index contributed by atoms with van der Waals surface area (Å²) in [4.78, 5) is 30.2. The van der Waals surface area contributed by atoms with Crippen molar-refractivity contribution in [2.75, 3.05) is 13.2 Å². The standard InChI is InChI=1S/C6H8O7.C6H14O6.Al.H2O/c7-3(8)1-6(13,5(11)12)2-4(9)10;7-1-3(9)5(11)6(12)4(10)2-8;;/h13H,1-2H2,(H,7,8)(H,9,10)(H,11,12);3-12H,1-2H2;;1H2/q;;+3;/p-3/t;3-,4+,5-,6-;;/m.1../s1. The minimum absolute atomic E-state index is 0. The van der Waals surface area contributed by atoms with E-state index in [2.05, 4.69) is 0 Å². The van der Waals surface area contributed by atoms with Gasteiger partial charge in [-0.05, 0) is 0 Å². The van der Waals surface area contributed by atoms with E-state index in [4.69, 9.17) is 40.9 Å². The van der Waals surface area contributed by atoms with Gasteiger partial charge in [0.25, 0.3) is 0 Å². The van der Waals surface area contributed by atoms with Gasteiger partial charge in [0.15, 0.2) is 5.60 Å². The molecule has 0 bridgehead atoms. The van der Waals surface area contributed by atoms with E-state index in [-0.39, 0.29) is 22.8 Å². The first-order valence-corrected chi connectivity index (χ1v) is 6.61. The number of carboxylic acids is 3. The molecule has 14 nitrogen and oxygen atoms in total. The molecule has 0 aromatic heterocycles. The van der Waals surface area contributed by atoms with Gasteiger partial charge in [0.1, 0.15) is 24.4 Å². The van der Waals surface area contributed by atoms with Crippen LogP contribution in [0.3, 0.4) is 0 Å². The van der Waals surface area contributed by atoms with E-state index in [1.165, 1.54) is 0 Å². The Morgan fingerprint density at radius 1 is 0.815 bits per heavy atom. The van der Waals surface area contributed by atoms with E-state index in [1.54, 1.807) is 0 Å². The number of hydrogen-bond acceptors (Lipinski definition) is 13. The van der Waals surface area contributed by atoms with Crippen molar-refractivity contribution in [3.8, 4) is 0 Å². The topological polar surface area (TPSA) is 289 Å². The van der Waals surface area contributed by atoms with Crippen LogP contribution >= 0.6 is 0 Å². The second-order valence-electron chi connectivity index (χ2n) is 4.92. The van der Waals surface area contributed by atoms with E-state index < -0.39 is 74.0 Å². The molecule has 0 fully saturated rings. The molecule has 0 aliphatic heterocycles. The SMILES string of the molecule is O=C([O-])CC(O)(CC(=O)[O-])C(=O)O.OC[C@@H](O)[C@@H](O)[C@H](O)[C@@H](O)CO.[Al+3].[OH-]. The molecule has 156 valence electrons. The summed E-state index contributed by atoms with van der Waals surface area (Å²) in [5, 5.41) is 89.4. The Labute approximate surface area is 163 Å². The molecule has 0 aliphatic carbocycles. The molecule has 0 rings (SSSR count). The molecule has 15 heteroatoms. The summed E-state index contributed by atoms with van der Waals surface area (Å²) >= 11 is 0. The molecule has 0 saturated carbocycles. The van der Waals surface area contributed by atoms with Gasteiger partial charge in [-0.15, -0.1) is 0 Å². The minimum Gasteiger partial charge on any atom is -0.870 e. The zero-order valence-corrected chi connectivity index (χ0v) is 14.9. The van der Waals surface area contributed by atoms with Crippen molar-refractivity contribution in [2.45, 2.75) is 42.9 Å². The van der Waals surface area contributed by atoms with E-state index in [0.29, 0.717) is 0 Å². The Morgan fingerprint density at radius 2 is 1.07 bits per heavy atom. The fourth-order valence-corrected chi connectivity index (χ4v) is 1.36. The molecular weight excluding hydrogens is 395 g/mol. The average molecular weight is 416 g/mol. The van der Waals surface area contributed by atoms with Crippen molar-refractivity contribution in [2.24, 2.45) is 0 Å². The molecule has 0 saturated heterocycles. The van der Waals surface area contributed by atoms with E-state index in [0.717, 1.165) is 0 Å². The fourth-order valence-electron chi connectivity index (χ4n) is 1.36. The zero-order valence-electron chi connectivity index (χ0n) is 13.8. The van der Waals surface area contributed by atoms with Crippen LogP contribution < -0.4 is 10.2 Å². The molecule has 4 atom stereocenters. The Hall–Kier alpha value is -1.38. The van der Waals surface area contributed by atoms with Gasteiger partial charge in [0, 0.05) is 24.8 Å². The first-order chi connectivity index (χ1) is 11.3. The first kappa shape index (κ1) is 33.2. The quantitative estimate of drug-likeness (QED) is 0.153. The zero-order chi connectivity index (χ0) is 20.4. The van der Waals surface area contributed by atoms with Crippen LogP contribution in [0.2, 0.25) is 0 Å². The maximum Gasteiger partial charge on any atom is 3.00 e. The Kier molecular flexibility index (Phi) is 19.3. The summed E-state index contributed by atoms with van der Waals surface area (Å²) in [6.45, 7) is -1.45. The van der Waals surface area contributed by atoms with Crippen LogP contribution in [0.5, 0.6) is 0 Å². The Balaban J connectivity index is -0.000000183. The number of carboxylic acid groups (broad SMARTS) is 3. The van der Waals surface area contributed by atoms with Crippen LogP contribution in [-0.2, 0) is 14.4 Å². The van der Waals surface area contributed by atoms with Crippen molar-refractivity contribution in [3.63, 3.8) is 0 Å². The predicted molar refractivity (Wildman–Crippen MR) is 77.7 cm³/mol. The largest absolute Gasteiger partial charge is 3.00 e. The van der Waals surface area contributed by atoms with Crippen LogP contribution in [0.1, 0.15) is 12.8 Å². The second-order valence-corrected chi connectivity index (χ2v) is 4.92. The van der Waals surface area contributed by atoms with E-state index in [1.807, 2.05) is 0 Å². The summed E-state index contributed by atoms with van der Waals surface area (Å²) < 4.78 is 0. The van der Waals surface area contributed by atoms with Crippen LogP contribution in [-0.4, -0.2) is 125 Å². The number of aliphatic hydroxyl groups is 7. The number of carbonyl (C=O) groups excluding carboxylic acids is 2. The van der Waals surface area contributed by atoms with Gasteiger partial charge >= 0.3 is 23.3 Å². The summed E-state index contributed by atoms with van der Waals surface area (Å²) in [5.74, 6) is -5.65. The number of rotatable bonds is 10. The summed E-state index contributed by atoms with van der Waals surface area (Å²) in [6.07, 6.45) is -8.98. The maximum absolute atomic E-state index is 10.3.